The van der Waals surface area contributed by atoms with E-state index in [4.69, 9.17) is 0 Å². The number of aryl methyl sites for hydroxylation is 2. The van der Waals surface area contributed by atoms with Crippen LogP contribution in [0.4, 0.5) is 5.69 Å². The number of benzene rings is 1. The van der Waals surface area contributed by atoms with Crippen molar-refractivity contribution in [2.75, 3.05) is 16.4 Å². The third-order valence-corrected chi connectivity index (χ3v) is 7.28. The van der Waals surface area contributed by atoms with Gasteiger partial charge in [-0.3, -0.25) is 4.79 Å². The van der Waals surface area contributed by atoms with Crippen LogP contribution in [0.25, 0.3) is 0 Å². The molecule has 2 fully saturated rings. The molecule has 5 nitrogen and oxygen atoms in total. The van der Waals surface area contributed by atoms with Gasteiger partial charge in [0.05, 0.1) is 17.5 Å². The van der Waals surface area contributed by atoms with Crippen LogP contribution < -0.4 is 4.90 Å². The van der Waals surface area contributed by atoms with Gasteiger partial charge in [0.15, 0.2) is 15.0 Å². The molecule has 1 amide bonds. The maximum Gasteiger partial charge on any atom is 0.247 e. The number of hydrogen-bond donors (Lipinski definition) is 0. The second kappa shape index (κ2) is 5.94. The number of anilines is 1. The molecule has 2 atom stereocenters. The first kappa shape index (κ1) is 16.5. The zero-order valence-corrected chi connectivity index (χ0v) is 15.1. The van der Waals surface area contributed by atoms with Crippen molar-refractivity contribution in [1.82, 2.24) is 0 Å². The van der Waals surface area contributed by atoms with E-state index >= 15 is 0 Å². The second-order valence-electron chi connectivity index (χ2n) is 6.16. The van der Waals surface area contributed by atoms with Gasteiger partial charge in [-0.05, 0) is 37.1 Å². The third kappa shape index (κ3) is 3.30. The minimum absolute atomic E-state index is 0.0516. The van der Waals surface area contributed by atoms with E-state index in [-0.39, 0.29) is 28.7 Å². The fourth-order valence-corrected chi connectivity index (χ4v) is 7.07. The highest BCUT2D eigenvalue weighted by Crippen LogP contribution is 2.41. The number of carbonyl (C=O) groups excluding carboxylic acids is 1. The van der Waals surface area contributed by atoms with Crippen molar-refractivity contribution >= 4 is 38.4 Å². The van der Waals surface area contributed by atoms with Crippen LogP contribution >= 0.6 is 11.8 Å². The second-order valence-corrected chi connectivity index (χ2v) is 9.52. The van der Waals surface area contributed by atoms with Crippen LogP contribution in [0.1, 0.15) is 24.5 Å². The van der Waals surface area contributed by atoms with Crippen LogP contribution in [0.15, 0.2) is 23.2 Å². The number of thioether (sulfide) groups is 1. The molecule has 2 unspecified atom stereocenters. The zero-order chi connectivity index (χ0) is 16.8. The summed E-state index contributed by atoms with van der Waals surface area (Å²) in [6.07, 6.45) is 0.346. The Balaban J connectivity index is 2.06. The molecule has 23 heavy (non-hydrogen) atoms. The molecule has 0 N–H and O–H groups in total. The summed E-state index contributed by atoms with van der Waals surface area (Å²) in [5.74, 6) is 0.102. The van der Waals surface area contributed by atoms with Crippen LogP contribution in [-0.2, 0) is 14.6 Å². The monoisotopic (exact) mass is 352 g/mol. The Morgan fingerprint density at radius 1 is 1.26 bits per heavy atom. The van der Waals surface area contributed by atoms with E-state index in [9.17, 15) is 13.2 Å². The van der Waals surface area contributed by atoms with Crippen LogP contribution in [0.3, 0.4) is 0 Å². The molecule has 0 aliphatic carbocycles. The summed E-state index contributed by atoms with van der Waals surface area (Å²) in [5, 5.41) is 0.580. The predicted molar refractivity (Wildman–Crippen MR) is 94.9 cm³/mol. The SMILES string of the molecule is CCC(=O)N=C1SC2CS(=O)(=O)CC2N1c1cc(C)cc(C)c1. The molecule has 2 aliphatic heterocycles. The van der Waals surface area contributed by atoms with E-state index in [0.29, 0.717) is 11.6 Å². The molecule has 1 aromatic rings. The van der Waals surface area contributed by atoms with Gasteiger partial charge < -0.3 is 4.90 Å². The van der Waals surface area contributed by atoms with E-state index in [1.807, 2.05) is 30.9 Å². The van der Waals surface area contributed by atoms with E-state index in [1.165, 1.54) is 11.8 Å². The summed E-state index contributed by atoms with van der Waals surface area (Å²) in [6, 6.07) is 5.97. The van der Waals surface area contributed by atoms with Crippen molar-refractivity contribution in [3.63, 3.8) is 0 Å². The number of carbonyl (C=O) groups is 1. The number of sulfone groups is 1. The van der Waals surface area contributed by atoms with Gasteiger partial charge in [0.25, 0.3) is 0 Å². The lowest BCUT2D eigenvalue weighted by Crippen LogP contribution is -2.37. The number of fused-ring (bicyclic) bond motifs is 1. The molecule has 0 radical (unpaired) electrons. The van der Waals surface area contributed by atoms with Gasteiger partial charge in [-0.1, -0.05) is 24.8 Å². The number of nitrogens with zero attached hydrogens (tertiary/aromatic N) is 2. The average molecular weight is 352 g/mol. The Labute approximate surface area is 141 Å². The van der Waals surface area contributed by atoms with Crippen molar-refractivity contribution < 1.29 is 13.2 Å². The van der Waals surface area contributed by atoms with Crippen molar-refractivity contribution in [3.8, 4) is 0 Å². The predicted octanol–water partition coefficient (Wildman–Crippen LogP) is 2.31. The largest absolute Gasteiger partial charge is 0.316 e. The molecule has 0 bridgehead atoms. The van der Waals surface area contributed by atoms with Crippen LogP contribution in [0.2, 0.25) is 0 Å². The number of amides is 1. The van der Waals surface area contributed by atoms with Crippen molar-refractivity contribution in [3.05, 3.63) is 29.3 Å². The molecule has 2 saturated heterocycles. The number of amidine groups is 1. The maximum absolute atomic E-state index is 12.0. The summed E-state index contributed by atoms with van der Waals surface area (Å²) in [6.45, 7) is 5.80. The van der Waals surface area contributed by atoms with E-state index in [2.05, 4.69) is 11.1 Å². The smallest absolute Gasteiger partial charge is 0.247 e. The lowest BCUT2D eigenvalue weighted by molar-refractivity contribution is -0.117. The van der Waals surface area contributed by atoms with E-state index in [1.54, 1.807) is 6.92 Å². The molecule has 3 rings (SSSR count). The lowest BCUT2D eigenvalue weighted by atomic mass is 10.1. The maximum atomic E-state index is 12.0. The van der Waals surface area contributed by atoms with Crippen LogP contribution in [-0.4, -0.2) is 42.3 Å². The Hall–Kier alpha value is -1.34. The molecule has 0 saturated carbocycles. The van der Waals surface area contributed by atoms with Crippen molar-refractivity contribution in [2.45, 2.75) is 38.5 Å². The van der Waals surface area contributed by atoms with E-state index in [0.717, 1.165) is 16.8 Å². The van der Waals surface area contributed by atoms with Gasteiger partial charge in [0.1, 0.15) is 0 Å². The minimum atomic E-state index is -3.03. The summed E-state index contributed by atoms with van der Waals surface area (Å²) < 4.78 is 24.0. The Kier molecular flexibility index (Phi) is 4.27. The van der Waals surface area contributed by atoms with Crippen LogP contribution in [0, 0.1) is 13.8 Å². The van der Waals surface area contributed by atoms with Gasteiger partial charge in [-0.25, -0.2) is 8.42 Å². The Bertz CT molecular complexity index is 766. The molecule has 1 aromatic carbocycles. The van der Waals surface area contributed by atoms with Gasteiger partial charge in [0, 0.05) is 17.4 Å². The van der Waals surface area contributed by atoms with Gasteiger partial charge in [-0.2, -0.15) is 4.99 Å². The summed E-state index contributed by atoms with van der Waals surface area (Å²) >= 11 is 1.42. The molecular weight excluding hydrogens is 332 g/mol. The standard InChI is InChI=1S/C16H20N2O3S2/c1-4-15(19)17-16-18(12-6-10(2)5-11(3)7-12)13-8-23(20,21)9-14(13)22-16/h5-7,13-14H,4,8-9H2,1-3H3. The summed E-state index contributed by atoms with van der Waals surface area (Å²) in [5.41, 5.74) is 3.13. The molecule has 2 heterocycles. The highest BCUT2D eigenvalue weighted by atomic mass is 32.2. The van der Waals surface area contributed by atoms with Crippen molar-refractivity contribution in [2.24, 2.45) is 4.99 Å². The Morgan fingerprint density at radius 3 is 2.52 bits per heavy atom. The number of hydrogen-bond acceptors (Lipinski definition) is 4. The highest BCUT2D eigenvalue weighted by molar-refractivity contribution is 8.16. The third-order valence-electron chi connectivity index (χ3n) is 4.07. The molecular formula is C16H20N2O3S2. The lowest BCUT2D eigenvalue weighted by Gasteiger charge is -2.25. The first-order valence-electron chi connectivity index (χ1n) is 7.65. The normalized spacial score (nSPS) is 27.4. The first-order chi connectivity index (χ1) is 10.8. The van der Waals surface area contributed by atoms with E-state index < -0.39 is 9.84 Å². The summed E-state index contributed by atoms with van der Waals surface area (Å²) in [7, 11) is -3.03. The molecule has 124 valence electrons. The first-order valence-corrected chi connectivity index (χ1v) is 10.4. The number of aliphatic imine (C=N–C) groups is 1. The summed E-state index contributed by atoms with van der Waals surface area (Å²) in [4.78, 5) is 17.9. The molecule has 0 aromatic heterocycles. The minimum Gasteiger partial charge on any atom is -0.316 e. The molecule has 2 aliphatic rings. The van der Waals surface area contributed by atoms with Crippen molar-refractivity contribution in [1.29, 1.82) is 0 Å². The molecule has 7 heteroatoms. The zero-order valence-electron chi connectivity index (χ0n) is 13.4. The number of rotatable bonds is 2. The average Bonchev–Trinajstić information content (AvgIpc) is 2.88. The topological polar surface area (TPSA) is 66.8 Å². The molecule has 0 spiro atoms. The fraction of sp³-hybridized carbons (Fsp3) is 0.500. The highest BCUT2D eigenvalue weighted by Gasteiger charge is 2.49. The quantitative estimate of drug-likeness (QED) is 0.817. The van der Waals surface area contributed by atoms with Crippen LogP contribution in [0.5, 0.6) is 0 Å². The van der Waals surface area contributed by atoms with Gasteiger partial charge in [-0.15, -0.1) is 0 Å². The van der Waals surface area contributed by atoms with Gasteiger partial charge in [0.2, 0.25) is 5.91 Å². The Morgan fingerprint density at radius 2 is 1.91 bits per heavy atom. The fourth-order valence-electron chi connectivity index (χ4n) is 3.14. The van der Waals surface area contributed by atoms with Gasteiger partial charge >= 0.3 is 0 Å².